The van der Waals surface area contributed by atoms with Gasteiger partial charge in [0.25, 0.3) is 0 Å². The lowest BCUT2D eigenvalue weighted by atomic mass is 9.83. The fourth-order valence-corrected chi connectivity index (χ4v) is 2.74. The minimum Gasteiger partial charge on any atom is -0.444 e. The molecule has 1 fully saturated rings. The van der Waals surface area contributed by atoms with Gasteiger partial charge in [-0.05, 0) is 45.4 Å². The van der Waals surface area contributed by atoms with Gasteiger partial charge in [0.1, 0.15) is 5.60 Å². The molecule has 0 N–H and O–H groups in total. The normalized spacial score (nSPS) is 19.3. The van der Waals surface area contributed by atoms with Gasteiger partial charge in [0, 0.05) is 13.1 Å². The highest BCUT2D eigenvalue weighted by molar-refractivity contribution is 5.68. The molecule has 0 bridgehead atoms. The van der Waals surface area contributed by atoms with E-state index in [1.54, 1.807) is 0 Å². The summed E-state index contributed by atoms with van der Waals surface area (Å²) in [5.41, 5.74) is -0.387. The molecule has 1 amide bonds. The number of amides is 1. The third-order valence-electron chi connectivity index (χ3n) is 4.01. The number of carbonyl (C=O) groups excluding carboxylic acids is 1. The number of nitrogens with zero attached hydrogens (tertiary/aromatic N) is 1. The maximum Gasteiger partial charge on any atom is 0.410 e. The average Bonchev–Trinajstić information content (AvgIpc) is 2.34. The van der Waals surface area contributed by atoms with E-state index in [4.69, 9.17) is 4.74 Å². The summed E-state index contributed by atoms with van der Waals surface area (Å²) in [4.78, 5) is 13.8. The highest BCUT2D eigenvalue weighted by Crippen LogP contribution is 2.28. The Bertz CT molecular complexity index is 275. The van der Waals surface area contributed by atoms with E-state index in [0.717, 1.165) is 37.8 Å². The van der Waals surface area contributed by atoms with Gasteiger partial charge in [0.15, 0.2) is 0 Å². The van der Waals surface area contributed by atoms with E-state index in [1.807, 2.05) is 25.7 Å². The number of ether oxygens (including phenoxy) is 1. The van der Waals surface area contributed by atoms with Crippen molar-refractivity contribution in [2.75, 3.05) is 13.1 Å². The van der Waals surface area contributed by atoms with Gasteiger partial charge in [0.2, 0.25) is 0 Å². The smallest absolute Gasteiger partial charge is 0.410 e. The largest absolute Gasteiger partial charge is 0.444 e. The van der Waals surface area contributed by atoms with Crippen LogP contribution in [0.3, 0.4) is 0 Å². The summed E-state index contributed by atoms with van der Waals surface area (Å²) in [5.74, 6) is 1.57. The van der Waals surface area contributed by atoms with Crippen LogP contribution in [0.2, 0.25) is 0 Å². The minimum absolute atomic E-state index is 0.146. The molecule has 0 aromatic rings. The van der Waals surface area contributed by atoms with E-state index in [2.05, 4.69) is 13.8 Å². The minimum atomic E-state index is -0.387. The summed E-state index contributed by atoms with van der Waals surface area (Å²) in [5, 5.41) is 0. The van der Waals surface area contributed by atoms with Gasteiger partial charge in [-0.15, -0.1) is 0 Å². The third kappa shape index (κ3) is 5.84. The first-order chi connectivity index (χ1) is 8.83. The van der Waals surface area contributed by atoms with Crippen molar-refractivity contribution in [2.45, 2.75) is 72.3 Å². The van der Waals surface area contributed by atoms with Crippen LogP contribution in [0.5, 0.6) is 0 Å². The molecule has 1 aliphatic heterocycles. The SMILES string of the molecule is CCCCC(C)C1CCN(C(=O)OC(C)(C)C)CC1. The fraction of sp³-hybridized carbons (Fsp3) is 0.938. The zero-order valence-corrected chi connectivity index (χ0v) is 13.4. The highest BCUT2D eigenvalue weighted by atomic mass is 16.6. The van der Waals surface area contributed by atoms with E-state index in [-0.39, 0.29) is 11.7 Å². The van der Waals surface area contributed by atoms with Crippen LogP contribution in [0.4, 0.5) is 4.79 Å². The summed E-state index contributed by atoms with van der Waals surface area (Å²) >= 11 is 0. The summed E-state index contributed by atoms with van der Waals surface area (Å²) in [6.45, 7) is 12.1. The molecule has 3 nitrogen and oxygen atoms in total. The molecule has 1 atom stereocenters. The molecule has 0 saturated carbocycles. The predicted octanol–water partition coefficient (Wildman–Crippen LogP) is 4.46. The van der Waals surface area contributed by atoms with Crippen molar-refractivity contribution < 1.29 is 9.53 Å². The van der Waals surface area contributed by atoms with Crippen molar-refractivity contribution >= 4 is 6.09 Å². The Balaban J connectivity index is 2.34. The van der Waals surface area contributed by atoms with Crippen LogP contribution in [0.15, 0.2) is 0 Å². The number of piperidine rings is 1. The Morgan fingerprint density at radius 1 is 1.32 bits per heavy atom. The van der Waals surface area contributed by atoms with E-state index >= 15 is 0 Å². The van der Waals surface area contributed by atoms with Gasteiger partial charge < -0.3 is 9.64 Å². The molecule has 3 heteroatoms. The van der Waals surface area contributed by atoms with Crippen LogP contribution in [0.25, 0.3) is 0 Å². The highest BCUT2D eigenvalue weighted by Gasteiger charge is 2.28. The molecule has 1 saturated heterocycles. The topological polar surface area (TPSA) is 29.5 Å². The Kier molecular flexibility index (Phi) is 6.15. The molecule has 1 unspecified atom stereocenters. The molecule has 112 valence electrons. The second-order valence-corrected chi connectivity index (χ2v) is 6.92. The molecule has 19 heavy (non-hydrogen) atoms. The molecule has 1 rings (SSSR count). The van der Waals surface area contributed by atoms with Crippen LogP contribution in [-0.4, -0.2) is 29.7 Å². The summed E-state index contributed by atoms with van der Waals surface area (Å²) in [7, 11) is 0. The van der Waals surface area contributed by atoms with Crippen LogP contribution in [0.1, 0.15) is 66.7 Å². The Labute approximate surface area is 118 Å². The van der Waals surface area contributed by atoms with Gasteiger partial charge in [-0.1, -0.05) is 33.1 Å². The van der Waals surface area contributed by atoms with Gasteiger partial charge >= 0.3 is 6.09 Å². The van der Waals surface area contributed by atoms with E-state index < -0.39 is 0 Å². The summed E-state index contributed by atoms with van der Waals surface area (Å²) in [6, 6.07) is 0. The van der Waals surface area contributed by atoms with Crippen molar-refractivity contribution in [3.8, 4) is 0 Å². The number of likely N-dealkylation sites (tertiary alicyclic amines) is 1. The van der Waals surface area contributed by atoms with Crippen molar-refractivity contribution in [1.82, 2.24) is 4.90 Å². The number of carbonyl (C=O) groups is 1. The Morgan fingerprint density at radius 2 is 1.89 bits per heavy atom. The average molecular weight is 269 g/mol. The second-order valence-electron chi connectivity index (χ2n) is 6.92. The fourth-order valence-electron chi connectivity index (χ4n) is 2.74. The van der Waals surface area contributed by atoms with Crippen molar-refractivity contribution in [3.63, 3.8) is 0 Å². The Morgan fingerprint density at radius 3 is 2.37 bits per heavy atom. The molecule has 1 aliphatic rings. The molecule has 0 spiro atoms. The zero-order chi connectivity index (χ0) is 14.5. The molecular weight excluding hydrogens is 238 g/mol. The first kappa shape index (κ1) is 16.3. The molecule has 0 aromatic carbocycles. The third-order valence-corrected chi connectivity index (χ3v) is 4.01. The van der Waals surface area contributed by atoms with E-state index in [0.29, 0.717) is 0 Å². The second kappa shape index (κ2) is 7.16. The lowest BCUT2D eigenvalue weighted by Gasteiger charge is -2.35. The first-order valence-corrected chi connectivity index (χ1v) is 7.81. The van der Waals surface area contributed by atoms with Crippen molar-refractivity contribution in [3.05, 3.63) is 0 Å². The van der Waals surface area contributed by atoms with Gasteiger partial charge in [-0.2, -0.15) is 0 Å². The lowest BCUT2D eigenvalue weighted by molar-refractivity contribution is 0.0160. The van der Waals surface area contributed by atoms with Crippen LogP contribution < -0.4 is 0 Å². The zero-order valence-electron chi connectivity index (χ0n) is 13.4. The van der Waals surface area contributed by atoms with Gasteiger partial charge in [0.05, 0.1) is 0 Å². The molecule has 0 radical (unpaired) electrons. The van der Waals surface area contributed by atoms with Crippen molar-refractivity contribution in [1.29, 1.82) is 0 Å². The van der Waals surface area contributed by atoms with Gasteiger partial charge in [-0.25, -0.2) is 4.79 Å². The Hall–Kier alpha value is -0.730. The molecule has 0 aromatic heterocycles. The first-order valence-electron chi connectivity index (χ1n) is 7.81. The lowest BCUT2D eigenvalue weighted by Crippen LogP contribution is -2.42. The van der Waals surface area contributed by atoms with Crippen LogP contribution in [0, 0.1) is 11.8 Å². The van der Waals surface area contributed by atoms with Crippen LogP contribution >= 0.6 is 0 Å². The van der Waals surface area contributed by atoms with Gasteiger partial charge in [-0.3, -0.25) is 0 Å². The van der Waals surface area contributed by atoms with Crippen molar-refractivity contribution in [2.24, 2.45) is 11.8 Å². The van der Waals surface area contributed by atoms with E-state index in [9.17, 15) is 4.79 Å². The van der Waals surface area contributed by atoms with E-state index in [1.165, 1.54) is 19.3 Å². The molecule has 0 aliphatic carbocycles. The number of hydrogen-bond acceptors (Lipinski definition) is 2. The summed E-state index contributed by atoms with van der Waals surface area (Å²) < 4.78 is 5.42. The van der Waals surface area contributed by atoms with Crippen LogP contribution in [-0.2, 0) is 4.74 Å². The standard InChI is InChI=1S/C16H31NO2/c1-6-7-8-13(2)14-9-11-17(12-10-14)15(18)19-16(3,4)5/h13-14H,6-12H2,1-5H3. The molecular formula is C16H31NO2. The summed E-state index contributed by atoms with van der Waals surface area (Å²) in [6.07, 6.45) is 6.04. The number of rotatable bonds is 4. The molecule has 1 heterocycles. The predicted molar refractivity (Wildman–Crippen MR) is 79.2 cm³/mol. The monoisotopic (exact) mass is 269 g/mol. The number of unbranched alkanes of at least 4 members (excludes halogenated alkanes) is 1. The number of hydrogen-bond donors (Lipinski definition) is 0. The maximum absolute atomic E-state index is 12.0. The quantitative estimate of drug-likeness (QED) is 0.754. The maximum atomic E-state index is 12.0.